The number of furan rings is 1. The van der Waals surface area contributed by atoms with E-state index in [1.165, 1.54) is 5.57 Å². The second-order valence-corrected chi connectivity index (χ2v) is 8.64. The molecular formula is C28H30N2O4. The van der Waals surface area contributed by atoms with Crippen LogP contribution in [-0.2, 0) is 9.47 Å². The number of benzene rings is 1. The quantitative estimate of drug-likeness (QED) is 0.395. The zero-order chi connectivity index (χ0) is 23.9. The van der Waals surface area contributed by atoms with E-state index in [9.17, 15) is 4.79 Å². The molecule has 4 rings (SSSR count). The molecule has 176 valence electrons. The third kappa shape index (κ3) is 5.55. The van der Waals surface area contributed by atoms with Crippen molar-refractivity contribution in [3.8, 4) is 6.07 Å². The number of nitrogens with zero attached hydrogens (tertiary/aromatic N) is 1. The highest BCUT2D eigenvalue weighted by molar-refractivity contribution is 6.18. The number of esters is 1. The van der Waals surface area contributed by atoms with E-state index < -0.39 is 5.97 Å². The first-order valence-electron chi connectivity index (χ1n) is 12.0. The van der Waals surface area contributed by atoms with E-state index in [0.717, 1.165) is 61.3 Å². The smallest absolute Gasteiger partial charge is 0.374 e. The molecule has 1 atom stereocenters. The molecule has 0 bridgehead atoms. The van der Waals surface area contributed by atoms with E-state index in [4.69, 9.17) is 24.6 Å². The summed E-state index contributed by atoms with van der Waals surface area (Å²) in [5.41, 5.74) is 5.02. The number of hydrogen-bond acceptors (Lipinski definition) is 6. The molecule has 1 aromatic carbocycles. The Bertz CT molecular complexity index is 1260. The van der Waals surface area contributed by atoms with Crippen LogP contribution in [-0.4, -0.2) is 31.0 Å². The predicted octanol–water partition coefficient (Wildman–Crippen LogP) is 4.48. The van der Waals surface area contributed by atoms with Gasteiger partial charge in [-0.25, -0.2) is 4.79 Å². The van der Waals surface area contributed by atoms with Crippen molar-refractivity contribution in [2.45, 2.75) is 58.0 Å². The summed E-state index contributed by atoms with van der Waals surface area (Å²) in [6.07, 6.45) is 13.1. The van der Waals surface area contributed by atoms with E-state index >= 15 is 0 Å². The Labute approximate surface area is 199 Å². The number of nitriles is 1. The Hall–Kier alpha value is -3.43. The van der Waals surface area contributed by atoms with Crippen molar-refractivity contribution >= 4 is 29.4 Å². The van der Waals surface area contributed by atoms with Crippen molar-refractivity contribution in [3.05, 3.63) is 63.4 Å². The van der Waals surface area contributed by atoms with Crippen LogP contribution < -0.4 is 10.6 Å². The molecule has 0 spiro atoms. The van der Waals surface area contributed by atoms with Crippen LogP contribution in [0.4, 0.5) is 0 Å². The van der Waals surface area contributed by atoms with Gasteiger partial charge in [-0.3, -0.25) is 0 Å². The molecule has 1 unspecified atom stereocenters. The fourth-order valence-electron chi connectivity index (χ4n) is 4.44. The molecule has 0 saturated heterocycles. The summed E-state index contributed by atoms with van der Waals surface area (Å²) in [6.45, 7) is 2.79. The van der Waals surface area contributed by atoms with Gasteiger partial charge in [0.05, 0.1) is 30.1 Å². The second-order valence-electron chi connectivity index (χ2n) is 8.64. The summed E-state index contributed by atoms with van der Waals surface area (Å²) >= 11 is 0. The van der Waals surface area contributed by atoms with Gasteiger partial charge < -0.3 is 19.3 Å². The molecule has 2 aliphatic rings. The van der Waals surface area contributed by atoms with Crippen LogP contribution in [0.25, 0.3) is 17.7 Å². The second kappa shape index (κ2) is 11.1. The van der Waals surface area contributed by atoms with Crippen LogP contribution in [0.3, 0.4) is 0 Å². The maximum atomic E-state index is 11.8. The van der Waals surface area contributed by atoms with Gasteiger partial charge in [-0.15, -0.1) is 0 Å². The summed E-state index contributed by atoms with van der Waals surface area (Å²) < 4.78 is 16.6. The standard InChI is InChI=1S/C28H30N2O4/c1-2-32-28(31)27-16-21-10-11-22(17-26(21)34-27)33-13-7-5-3-4-6-8-20-15-25(30)23-12-9-19(18-29)14-24(20)23/h9-10,12,14-17,22,30H,2-8,11,13H2,1H3. The Balaban J connectivity index is 1.14. The van der Waals surface area contributed by atoms with Crippen molar-refractivity contribution < 1.29 is 18.7 Å². The summed E-state index contributed by atoms with van der Waals surface area (Å²) in [5.74, 6) is -0.200. The topological polar surface area (TPSA) is 96.3 Å². The molecule has 1 N–H and O–H groups in total. The van der Waals surface area contributed by atoms with Gasteiger partial charge in [0.25, 0.3) is 0 Å². The number of ether oxygens (including phenoxy) is 2. The van der Waals surface area contributed by atoms with Gasteiger partial charge >= 0.3 is 5.97 Å². The van der Waals surface area contributed by atoms with Crippen LogP contribution in [0.1, 0.15) is 79.1 Å². The van der Waals surface area contributed by atoms with Gasteiger partial charge in [-0.1, -0.05) is 31.4 Å². The van der Waals surface area contributed by atoms with Gasteiger partial charge in [-0.2, -0.15) is 5.26 Å². The fourth-order valence-corrected chi connectivity index (χ4v) is 4.44. The monoisotopic (exact) mass is 458 g/mol. The number of allylic oxidation sites excluding steroid dienone is 2. The molecule has 2 aliphatic carbocycles. The Kier molecular flexibility index (Phi) is 7.76. The molecule has 6 nitrogen and oxygen atoms in total. The van der Waals surface area contributed by atoms with Crippen LogP contribution in [0, 0.1) is 16.7 Å². The van der Waals surface area contributed by atoms with Gasteiger partial charge in [0.2, 0.25) is 5.76 Å². The summed E-state index contributed by atoms with van der Waals surface area (Å²) in [7, 11) is 0. The van der Waals surface area contributed by atoms with Crippen molar-refractivity contribution in [1.29, 1.82) is 10.7 Å². The van der Waals surface area contributed by atoms with Gasteiger partial charge in [0, 0.05) is 17.4 Å². The Morgan fingerprint density at radius 3 is 2.82 bits per heavy atom. The Morgan fingerprint density at radius 2 is 2.00 bits per heavy atom. The number of nitrogens with one attached hydrogen (secondary N) is 1. The van der Waals surface area contributed by atoms with Gasteiger partial charge in [0.1, 0.15) is 5.42 Å². The van der Waals surface area contributed by atoms with E-state index in [0.29, 0.717) is 29.9 Å². The zero-order valence-corrected chi connectivity index (χ0v) is 19.6. The molecule has 0 aliphatic heterocycles. The maximum Gasteiger partial charge on any atom is 0.374 e. The zero-order valence-electron chi connectivity index (χ0n) is 19.6. The normalized spacial score (nSPS) is 16.1. The molecule has 0 amide bonds. The molecule has 2 aromatic rings. The predicted molar refractivity (Wildman–Crippen MR) is 131 cm³/mol. The van der Waals surface area contributed by atoms with Crippen molar-refractivity contribution in [2.75, 3.05) is 13.2 Å². The molecule has 34 heavy (non-hydrogen) atoms. The van der Waals surface area contributed by atoms with Crippen LogP contribution >= 0.6 is 0 Å². The average Bonchev–Trinajstić information content (AvgIpc) is 3.41. The molecule has 0 radical (unpaired) electrons. The van der Waals surface area contributed by atoms with Crippen molar-refractivity contribution in [3.63, 3.8) is 0 Å². The van der Waals surface area contributed by atoms with Gasteiger partial charge in [0.15, 0.2) is 0 Å². The minimum absolute atomic E-state index is 0.0308. The first kappa shape index (κ1) is 23.7. The lowest BCUT2D eigenvalue weighted by Crippen LogP contribution is -2.28. The minimum atomic E-state index is -0.435. The van der Waals surface area contributed by atoms with E-state index in [-0.39, 0.29) is 11.9 Å². The Morgan fingerprint density at radius 1 is 1.18 bits per heavy atom. The number of unbranched alkanes of at least 4 members (excludes halogenated alkanes) is 4. The van der Waals surface area contributed by atoms with Crippen LogP contribution in [0.15, 0.2) is 34.8 Å². The van der Waals surface area contributed by atoms with Crippen LogP contribution in [0.2, 0.25) is 0 Å². The molecule has 6 heteroatoms. The van der Waals surface area contributed by atoms with Crippen LogP contribution in [0.5, 0.6) is 0 Å². The number of carbonyl (C=O) groups excluding carboxylic acids is 1. The van der Waals surface area contributed by atoms with E-state index in [1.807, 2.05) is 30.4 Å². The largest absolute Gasteiger partial charge is 0.460 e. The molecule has 1 heterocycles. The summed E-state index contributed by atoms with van der Waals surface area (Å²) in [4.78, 5) is 11.8. The van der Waals surface area contributed by atoms with E-state index in [1.54, 1.807) is 19.1 Å². The fraction of sp³-hybridized carbons (Fsp3) is 0.393. The highest BCUT2D eigenvalue weighted by atomic mass is 16.5. The van der Waals surface area contributed by atoms with E-state index in [2.05, 4.69) is 6.07 Å². The number of fused-ring (bicyclic) bond motifs is 2. The molecule has 0 saturated carbocycles. The lowest BCUT2D eigenvalue weighted by atomic mass is 9.98. The minimum Gasteiger partial charge on any atom is -0.460 e. The van der Waals surface area contributed by atoms with Crippen molar-refractivity contribution in [2.24, 2.45) is 0 Å². The first-order chi connectivity index (χ1) is 16.6. The third-order valence-corrected chi connectivity index (χ3v) is 6.20. The molecular weight excluding hydrogens is 428 g/mol. The maximum absolute atomic E-state index is 11.8. The van der Waals surface area contributed by atoms with Gasteiger partial charge in [-0.05, 0) is 74.1 Å². The van der Waals surface area contributed by atoms with Crippen molar-refractivity contribution in [1.82, 2.24) is 0 Å². The first-order valence-corrected chi connectivity index (χ1v) is 12.0. The third-order valence-electron chi connectivity index (χ3n) is 6.20. The number of rotatable bonds is 11. The lowest BCUT2D eigenvalue weighted by molar-refractivity contribution is 0.0487. The molecule has 0 fully saturated rings. The lowest BCUT2D eigenvalue weighted by Gasteiger charge is -2.13. The molecule has 1 aromatic heterocycles. The highest BCUT2D eigenvalue weighted by Gasteiger charge is 2.19. The summed E-state index contributed by atoms with van der Waals surface area (Å²) in [6, 6.07) is 9.49. The average molecular weight is 459 g/mol. The number of hydrogen-bond donors (Lipinski definition) is 1. The number of carbonyl (C=O) groups is 1. The summed E-state index contributed by atoms with van der Waals surface area (Å²) in [5, 5.41) is 18.2. The highest BCUT2D eigenvalue weighted by Crippen LogP contribution is 2.32. The SMILES string of the molecule is CCOC(=O)c1cc2c(o1)=CC(OCCCCCCCC1=CC(=N)c3ccc(C#N)cc31)CC=2.